The normalized spacial score (nSPS) is 11.5. The highest BCUT2D eigenvalue weighted by Gasteiger charge is 2.27. The van der Waals surface area contributed by atoms with E-state index < -0.39 is 28.5 Å². The predicted molar refractivity (Wildman–Crippen MR) is 101 cm³/mol. The van der Waals surface area contributed by atoms with E-state index in [-0.39, 0.29) is 5.69 Å². The highest BCUT2D eigenvalue weighted by Crippen LogP contribution is 2.24. The number of carbonyl (C=O) groups excluding carboxylic acids is 1. The molecule has 2 rings (SSSR count). The molecular formula is C17H19ClFN3O3S. The van der Waals surface area contributed by atoms with Gasteiger partial charge < -0.3 is 5.32 Å². The van der Waals surface area contributed by atoms with Crippen molar-refractivity contribution in [1.82, 2.24) is 4.31 Å². The van der Waals surface area contributed by atoms with E-state index >= 15 is 0 Å². The maximum atomic E-state index is 13.2. The molecule has 26 heavy (non-hydrogen) atoms. The number of nitrogens with one attached hydrogen (secondary N) is 1. The molecule has 0 saturated heterocycles. The zero-order valence-electron chi connectivity index (χ0n) is 14.5. The molecule has 2 aromatic carbocycles. The van der Waals surface area contributed by atoms with Gasteiger partial charge in [-0.2, -0.15) is 12.7 Å². The average Bonchev–Trinajstić information content (AvgIpc) is 2.57. The number of carbonyl (C=O) groups is 1. The minimum atomic E-state index is -3.95. The lowest BCUT2D eigenvalue weighted by Crippen LogP contribution is -2.44. The molecule has 9 heteroatoms. The SMILES string of the molecule is Cc1c(Cl)cccc1NC(=O)CN(c1ccc(F)cc1)S(=O)(=O)N(C)C. The van der Waals surface area contributed by atoms with Gasteiger partial charge in [-0.25, -0.2) is 8.70 Å². The topological polar surface area (TPSA) is 69.7 Å². The van der Waals surface area contributed by atoms with Crippen molar-refractivity contribution in [2.75, 3.05) is 30.3 Å². The molecule has 0 aliphatic carbocycles. The van der Waals surface area contributed by atoms with Gasteiger partial charge in [0.05, 0.1) is 5.69 Å². The number of rotatable bonds is 6. The van der Waals surface area contributed by atoms with Crippen molar-refractivity contribution in [1.29, 1.82) is 0 Å². The molecule has 0 radical (unpaired) electrons. The Morgan fingerprint density at radius 1 is 1.15 bits per heavy atom. The van der Waals surface area contributed by atoms with E-state index in [1.807, 2.05) is 0 Å². The Bertz CT molecular complexity index is 902. The van der Waals surface area contributed by atoms with E-state index in [4.69, 9.17) is 11.6 Å². The quantitative estimate of drug-likeness (QED) is 0.811. The molecule has 0 bridgehead atoms. The number of anilines is 2. The van der Waals surface area contributed by atoms with Crippen LogP contribution in [0.25, 0.3) is 0 Å². The van der Waals surface area contributed by atoms with E-state index in [1.54, 1.807) is 25.1 Å². The first kappa shape index (κ1) is 20.2. The molecule has 0 unspecified atom stereocenters. The number of halogens is 2. The molecule has 1 amide bonds. The molecule has 6 nitrogen and oxygen atoms in total. The van der Waals surface area contributed by atoms with Gasteiger partial charge in [0, 0.05) is 24.8 Å². The van der Waals surface area contributed by atoms with Crippen molar-refractivity contribution < 1.29 is 17.6 Å². The number of hydrogen-bond acceptors (Lipinski definition) is 3. The fraction of sp³-hybridized carbons (Fsp3) is 0.235. The van der Waals surface area contributed by atoms with E-state index in [0.29, 0.717) is 16.3 Å². The second kappa shape index (κ2) is 8.03. The van der Waals surface area contributed by atoms with Crippen molar-refractivity contribution in [3.8, 4) is 0 Å². The minimum Gasteiger partial charge on any atom is -0.324 e. The fourth-order valence-corrected chi connectivity index (χ4v) is 3.41. The first-order valence-corrected chi connectivity index (χ1v) is 9.41. The number of amides is 1. The van der Waals surface area contributed by atoms with Crippen LogP contribution in [-0.2, 0) is 15.0 Å². The Labute approximate surface area is 157 Å². The Morgan fingerprint density at radius 2 is 1.77 bits per heavy atom. The van der Waals surface area contributed by atoms with Crippen LogP contribution in [0.5, 0.6) is 0 Å². The van der Waals surface area contributed by atoms with E-state index in [1.165, 1.54) is 26.2 Å². The lowest BCUT2D eigenvalue weighted by atomic mass is 10.2. The summed E-state index contributed by atoms with van der Waals surface area (Å²) in [6.07, 6.45) is 0. The third kappa shape index (κ3) is 4.51. The van der Waals surface area contributed by atoms with Gasteiger partial charge in [0.1, 0.15) is 12.4 Å². The number of nitrogens with zero attached hydrogens (tertiary/aromatic N) is 2. The lowest BCUT2D eigenvalue weighted by molar-refractivity contribution is -0.114. The summed E-state index contributed by atoms with van der Waals surface area (Å²) in [5.74, 6) is -1.06. The van der Waals surface area contributed by atoms with Gasteiger partial charge in [-0.1, -0.05) is 17.7 Å². The van der Waals surface area contributed by atoms with Crippen molar-refractivity contribution >= 4 is 39.1 Å². The largest absolute Gasteiger partial charge is 0.324 e. The summed E-state index contributed by atoms with van der Waals surface area (Å²) in [4.78, 5) is 12.4. The smallest absolute Gasteiger partial charge is 0.304 e. The molecule has 0 aliphatic rings. The minimum absolute atomic E-state index is 0.179. The standard InChI is InChI=1S/C17H19ClFN3O3S/c1-12-15(18)5-4-6-16(12)20-17(23)11-22(26(24,25)21(2)3)14-9-7-13(19)8-10-14/h4-10H,11H2,1-3H3,(H,20,23). The predicted octanol–water partition coefficient (Wildman–Crippen LogP) is 3.04. The van der Waals surface area contributed by atoms with Crippen LogP contribution in [0.15, 0.2) is 42.5 Å². The monoisotopic (exact) mass is 399 g/mol. The summed E-state index contributed by atoms with van der Waals surface area (Å²) in [6, 6.07) is 9.90. The summed E-state index contributed by atoms with van der Waals surface area (Å²) < 4.78 is 40.2. The fourth-order valence-electron chi connectivity index (χ4n) is 2.17. The van der Waals surface area contributed by atoms with Crippen LogP contribution in [0.3, 0.4) is 0 Å². The Hall–Kier alpha value is -2.16. The van der Waals surface area contributed by atoms with Crippen LogP contribution < -0.4 is 9.62 Å². The van der Waals surface area contributed by atoms with Crippen LogP contribution in [0.2, 0.25) is 5.02 Å². The third-order valence-electron chi connectivity index (χ3n) is 3.68. The summed E-state index contributed by atoms with van der Waals surface area (Å²) in [5, 5.41) is 3.14. The molecule has 1 N–H and O–H groups in total. The molecule has 0 heterocycles. The Morgan fingerprint density at radius 3 is 2.35 bits per heavy atom. The second-order valence-electron chi connectivity index (χ2n) is 5.73. The van der Waals surface area contributed by atoms with Crippen LogP contribution in [-0.4, -0.2) is 39.3 Å². The van der Waals surface area contributed by atoms with E-state index in [2.05, 4.69) is 5.32 Å². The second-order valence-corrected chi connectivity index (χ2v) is 8.21. The molecule has 140 valence electrons. The van der Waals surface area contributed by atoms with E-state index in [0.717, 1.165) is 20.7 Å². The van der Waals surface area contributed by atoms with Crippen LogP contribution >= 0.6 is 11.6 Å². The van der Waals surface area contributed by atoms with Crippen molar-refractivity contribution in [2.24, 2.45) is 0 Å². The molecule has 0 aliphatic heterocycles. The zero-order valence-corrected chi connectivity index (χ0v) is 16.1. The summed E-state index contributed by atoms with van der Waals surface area (Å²) >= 11 is 6.03. The molecule has 0 atom stereocenters. The summed E-state index contributed by atoms with van der Waals surface area (Å²) in [7, 11) is -1.25. The molecule has 0 saturated carbocycles. The van der Waals surface area contributed by atoms with Gasteiger partial charge in [0.15, 0.2) is 0 Å². The maximum absolute atomic E-state index is 13.2. The first-order chi connectivity index (χ1) is 12.1. The van der Waals surface area contributed by atoms with Crippen LogP contribution in [0, 0.1) is 12.7 Å². The molecule has 2 aromatic rings. The average molecular weight is 400 g/mol. The number of benzene rings is 2. The Kier molecular flexibility index (Phi) is 6.22. The molecule has 0 fully saturated rings. The maximum Gasteiger partial charge on any atom is 0.304 e. The lowest BCUT2D eigenvalue weighted by Gasteiger charge is -2.27. The van der Waals surface area contributed by atoms with Gasteiger partial charge in [0.25, 0.3) is 0 Å². The van der Waals surface area contributed by atoms with Crippen molar-refractivity contribution in [2.45, 2.75) is 6.92 Å². The molecular weight excluding hydrogens is 381 g/mol. The summed E-state index contributed by atoms with van der Waals surface area (Å²) in [6.45, 7) is 1.27. The van der Waals surface area contributed by atoms with Crippen LogP contribution in [0.1, 0.15) is 5.56 Å². The van der Waals surface area contributed by atoms with Gasteiger partial charge in [0.2, 0.25) is 5.91 Å². The molecule has 0 spiro atoms. The van der Waals surface area contributed by atoms with E-state index in [9.17, 15) is 17.6 Å². The van der Waals surface area contributed by atoms with Gasteiger partial charge in [-0.15, -0.1) is 0 Å². The highest BCUT2D eigenvalue weighted by molar-refractivity contribution is 7.90. The van der Waals surface area contributed by atoms with Gasteiger partial charge >= 0.3 is 10.2 Å². The third-order valence-corrected chi connectivity index (χ3v) is 5.91. The van der Waals surface area contributed by atoms with Crippen LogP contribution in [0.4, 0.5) is 15.8 Å². The van der Waals surface area contributed by atoms with Crippen molar-refractivity contribution in [3.63, 3.8) is 0 Å². The highest BCUT2D eigenvalue weighted by atomic mass is 35.5. The molecule has 0 aromatic heterocycles. The number of hydrogen-bond donors (Lipinski definition) is 1. The van der Waals surface area contributed by atoms with Crippen molar-refractivity contribution in [3.05, 3.63) is 58.9 Å². The van der Waals surface area contributed by atoms with Gasteiger partial charge in [-0.3, -0.25) is 4.79 Å². The van der Waals surface area contributed by atoms with Gasteiger partial charge in [-0.05, 0) is 48.9 Å². The zero-order chi connectivity index (χ0) is 19.5. The summed E-state index contributed by atoms with van der Waals surface area (Å²) in [5.41, 5.74) is 1.34. The first-order valence-electron chi connectivity index (χ1n) is 7.63. The Balaban J connectivity index is 2.30.